The third-order valence-corrected chi connectivity index (χ3v) is 2.68. The number of hydrogen-bond donors (Lipinski definition) is 3. The maximum Gasteiger partial charge on any atom is 0.237 e. The van der Waals surface area contributed by atoms with E-state index in [1.807, 2.05) is 20.8 Å². The predicted molar refractivity (Wildman–Crippen MR) is 56.8 cm³/mol. The molecule has 0 saturated heterocycles. The molecular weight excluding hydrogens is 180 g/mol. The van der Waals surface area contributed by atoms with Gasteiger partial charge in [0, 0.05) is 6.54 Å². The molecule has 4 N–H and O–H groups in total. The average Bonchev–Trinajstić information content (AvgIpc) is 2.24. The minimum Gasteiger partial charge on any atom is -0.388 e. The molecule has 0 fully saturated rings. The van der Waals surface area contributed by atoms with Gasteiger partial charge >= 0.3 is 0 Å². The van der Waals surface area contributed by atoms with Gasteiger partial charge in [-0.1, -0.05) is 20.8 Å². The summed E-state index contributed by atoms with van der Waals surface area (Å²) in [5, 5.41) is 12.5. The summed E-state index contributed by atoms with van der Waals surface area (Å²) >= 11 is 0. The first kappa shape index (κ1) is 13.4. The Bertz CT molecular complexity index is 179. The van der Waals surface area contributed by atoms with Crippen LogP contribution in [0.25, 0.3) is 0 Å². The van der Waals surface area contributed by atoms with E-state index in [9.17, 15) is 9.90 Å². The van der Waals surface area contributed by atoms with Crippen LogP contribution in [-0.4, -0.2) is 29.2 Å². The quantitative estimate of drug-likeness (QED) is 0.583. The lowest BCUT2D eigenvalue weighted by Crippen LogP contribution is -2.47. The van der Waals surface area contributed by atoms with Crippen LogP contribution in [0.15, 0.2) is 0 Å². The first-order valence-electron chi connectivity index (χ1n) is 5.24. The van der Waals surface area contributed by atoms with Crippen molar-refractivity contribution < 1.29 is 9.90 Å². The summed E-state index contributed by atoms with van der Waals surface area (Å²) in [4.78, 5) is 11.3. The molecule has 0 aliphatic carbocycles. The summed E-state index contributed by atoms with van der Waals surface area (Å²) < 4.78 is 0. The first-order valence-corrected chi connectivity index (χ1v) is 5.24. The molecule has 1 unspecified atom stereocenters. The van der Waals surface area contributed by atoms with Gasteiger partial charge in [-0.05, 0) is 19.3 Å². The molecule has 84 valence electrons. The number of nitrogens with two attached hydrogens (primary N) is 1. The second-order valence-corrected chi connectivity index (χ2v) is 3.66. The van der Waals surface area contributed by atoms with Gasteiger partial charge in [0.05, 0.1) is 11.6 Å². The predicted octanol–water partition coefficient (Wildman–Crippen LogP) is 0.391. The highest BCUT2D eigenvalue weighted by Crippen LogP contribution is 2.12. The molecule has 4 heteroatoms. The van der Waals surface area contributed by atoms with Crippen LogP contribution in [-0.2, 0) is 4.79 Å². The van der Waals surface area contributed by atoms with Crippen molar-refractivity contribution in [2.75, 3.05) is 6.54 Å². The standard InChI is InChI=1S/C10H22N2O2/c1-4-8(11)9(13)12-7-10(14,5-2)6-3/h8,14H,4-7,11H2,1-3H3,(H,12,13). The van der Waals surface area contributed by atoms with E-state index in [-0.39, 0.29) is 12.5 Å². The van der Waals surface area contributed by atoms with Gasteiger partial charge in [-0.3, -0.25) is 4.79 Å². The van der Waals surface area contributed by atoms with E-state index < -0.39 is 11.6 Å². The van der Waals surface area contributed by atoms with Gasteiger partial charge in [-0.2, -0.15) is 0 Å². The Morgan fingerprint density at radius 1 is 1.43 bits per heavy atom. The third-order valence-electron chi connectivity index (χ3n) is 2.68. The molecule has 0 aliphatic heterocycles. The smallest absolute Gasteiger partial charge is 0.237 e. The van der Waals surface area contributed by atoms with Crippen LogP contribution >= 0.6 is 0 Å². The number of rotatable bonds is 6. The highest BCUT2D eigenvalue weighted by molar-refractivity contribution is 5.81. The highest BCUT2D eigenvalue weighted by atomic mass is 16.3. The fraction of sp³-hybridized carbons (Fsp3) is 0.900. The average molecular weight is 202 g/mol. The topological polar surface area (TPSA) is 75.4 Å². The lowest BCUT2D eigenvalue weighted by molar-refractivity contribution is -0.123. The van der Waals surface area contributed by atoms with Crippen molar-refractivity contribution in [2.45, 2.75) is 51.7 Å². The summed E-state index contributed by atoms with van der Waals surface area (Å²) in [5.74, 6) is -0.187. The Kier molecular flexibility index (Phi) is 5.72. The Morgan fingerprint density at radius 2 is 1.93 bits per heavy atom. The SMILES string of the molecule is CCC(N)C(=O)NCC(O)(CC)CC. The van der Waals surface area contributed by atoms with Crippen LogP contribution in [0, 0.1) is 0 Å². The summed E-state index contributed by atoms with van der Waals surface area (Å²) in [6.07, 6.45) is 1.87. The zero-order chi connectivity index (χ0) is 11.2. The molecular formula is C10H22N2O2. The summed E-state index contributed by atoms with van der Waals surface area (Å²) in [5.41, 5.74) is 4.75. The van der Waals surface area contributed by atoms with Gasteiger partial charge in [0.25, 0.3) is 0 Å². The Balaban J connectivity index is 3.98. The van der Waals surface area contributed by atoms with Gasteiger partial charge in [0.2, 0.25) is 5.91 Å². The van der Waals surface area contributed by atoms with Crippen molar-refractivity contribution in [1.82, 2.24) is 5.32 Å². The minimum absolute atomic E-state index is 0.187. The minimum atomic E-state index is -0.789. The summed E-state index contributed by atoms with van der Waals surface area (Å²) in [7, 11) is 0. The van der Waals surface area contributed by atoms with E-state index in [4.69, 9.17) is 5.73 Å². The third kappa shape index (κ3) is 4.07. The molecule has 4 nitrogen and oxygen atoms in total. The molecule has 0 bridgehead atoms. The van der Waals surface area contributed by atoms with Crippen molar-refractivity contribution in [1.29, 1.82) is 0 Å². The van der Waals surface area contributed by atoms with Gasteiger partial charge in [-0.25, -0.2) is 0 Å². The van der Waals surface area contributed by atoms with Crippen molar-refractivity contribution >= 4 is 5.91 Å². The van der Waals surface area contributed by atoms with Crippen molar-refractivity contribution in [3.8, 4) is 0 Å². The second-order valence-electron chi connectivity index (χ2n) is 3.66. The Hall–Kier alpha value is -0.610. The van der Waals surface area contributed by atoms with Crippen LogP contribution in [0.4, 0.5) is 0 Å². The molecule has 0 rings (SSSR count). The molecule has 1 atom stereocenters. The number of aliphatic hydroxyl groups is 1. The number of hydrogen-bond acceptors (Lipinski definition) is 3. The van der Waals surface area contributed by atoms with Crippen LogP contribution in [0.5, 0.6) is 0 Å². The molecule has 0 aromatic heterocycles. The van der Waals surface area contributed by atoms with Gasteiger partial charge in [0.1, 0.15) is 0 Å². The van der Waals surface area contributed by atoms with E-state index >= 15 is 0 Å². The van der Waals surface area contributed by atoms with Crippen molar-refractivity contribution in [3.63, 3.8) is 0 Å². The molecule has 0 radical (unpaired) electrons. The van der Waals surface area contributed by atoms with Crippen molar-refractivity contribution in [3.05, 3.63) is 0 Å². The van der Waals surface area contributed by atoms with E-state index in [0.29, 0.717) is 19.3 Å². The molecule has 0 heterocycles. The molecule has 0 spiro atoms. The largest absolute Gasteiger partial charge is 0.388 e. The highest BCUT2D eigenvalue weighted by Gasteiger charge is 2.23. The fourth-order valence-corrected chi connectivity index (χ4v) is 1.07. The zero-order valence-electron chi connectivity index (χ0n) is 9.34. The van der Waals surface area contributed by atoms with E-state index in [1.54, 1.807) is 0 Å². The van der Waals surface area contributed by atoms with Crippen molar-refractivity contribution in [2.24, 2.45) is 5.73 Å². The lowest BCUT2D eigenvalue weighted by Gasteiger charge is -2.26. The van der Waals surface area contributed by atoms with E-state index in [2.05, 4.69) is 5.32 Å². The molecule has 0 aromatic rings. The molecule has 0 aliphatic rings. The second kappa shape index (κ2) is 5.98. The molecule has 0 aromatic carbocycles. The molecule has 14 heavy (non-hydrogen) atoms. The van der Waals surface area contributed by atoms with E-state index in [1.165, 1.54) is 0 Å². The van der Waals surface area contributed by atoms with Gasteiger partial charge < -0.3 is 16.2 Å². The van der Waals surface area contributed by atoms with Crippen LogP contribution in [0.3, 0.4) is 0 Å². The number of nitrogens with one attached hydrogen (secondary N) is 1. The van der Waals surface area contributed by atoms with Crippen LogP contribution < -0.4 is 11.1 Å². The maximum atomic E-state index is 11.3. The summed E-state index contributed by atoms with van der Waals surface area (Å²) in [6.45, 7) is 5.94. The Labute approximate surface area is 85.9 Å². The van der Waals surface area contributed by atoms with E-state index in [0.717, 1.165) is 0 Å². The fourth-order valence-electron chi connectivity index (χ4n) is 1.07. The normalized spacial score (nSPS) is 13.8. The number of amides is 1. The maximum absolute atomic E-state index is 11.3. The van der Waals surface area contributed by atoms with Gasteiger partial charge in [0.15, 0.2) is 0 Å². The van der Waals surface area contributed by atoms with Gasteiger partial charge in [-0.15, -0.1) is 0 Å². The summed E-state index contributed by atoms with van der Waals surface area (Å²) in [6, 6.07) is -0.465. The monoisotopic (exact) mass is 202 g/mol. The molecule has 0 saturated carbocycles. The Morgan fingerprint density at radius 3 is 2.29 bits per heavy atom. The number of carbonyl (C=O) groups is 1. The van der Waals surface area contributed by atoms with Crippen LogP contribution in [0.1, 0.15) is 40.0 Å². The zero-order valence-corrected chi connectivity index (χ0v) is 9.34. The molecule has 1 amide bonds. The first-order chi connectivity index (χ1) is 6.49. The van der Waals surface area contributed by atoms with Crippen LogP contribution in [0.2, 0.25) is 0 Å². The number of carbonyl (C=O) groups excluding carboxylic acids is 1. The lowest BCUT2D eigenvalue weighted by atomic mass is 9.97.